The van der Waals surface area contributed by atoms with Gasteiger partial charge in [0.15, 0.2) is 6.54 Å². The second-order valence-electron chi connectivity index (χ2n) is 5.53. The van der Waals surface area contributed by atoms with E-state index in [9.17, 15) is 4.79 Å². The Bertz CT molecular complexity index is 669. The number of carbonyl (C=O) groups excluding carboxylic acids is 1. The van der Waals surface area contributed by atoms with Crippen molar-refractivity contribution in [3.63, 3.8) is 0 Å². The molecule has 112 valence electrons. The molecule has 22 heavy (non-hydrogen) atoms. The summed E-state index contributed by atoms with van der Waals surface area (Å²) in [6.07, 6.45) is 0. The summed E-state index contributed by atoms with van der Waals surface area (Å²) >= 11 is 0. The number of hydrogen-bond donors (Lipinski definition) is 2. The Hall–Kier alpha value is -2.64. The molecule has 2 aromatic rings. The van der Waals surface area contributed by atoms with Crippen LogP contribution in [0.2, 0.25) is 0 Å². The van der Waals surface area contributed by atoms with Crippen molar-refractivity contribution in [2.24, 2.45) is 0 Å². The number of nitrogens with zero attached hydrogens (tertiary/aromatic N) is 1. The standard InChI is InChI=1S/C18H19N3O/c1-14-3-9-17(10-4-14)20-18(22)13-21(2)12-16-7-5-15(11-19)6-8-16/h3-10H,12-13H2,1-2H3,(H,20,22)/p+1. The van der Waals surface area contributed by atoms with Crippen LogP contribution >= 0.6 is 0 Å². The van der Waals surface area contributed by atoms with Gasteiger partial charge in [0.2, 0.25) is 0 Å². The summed E-state index contributed by atoms with van der Waals surface area (Å²) in [7, 11) is 1.98. The molecule has 1 amide bonds. The van der Waals surface area contributed by atoms with Crippen LogP contribution in [0, 0.1) is 18.3 Å². The average molecular weight is 294 g/mol. The van der Waals surface area contributed by atoms with Crippen LogP contribution in [0.25, 0.3) is 0 Å². The van der Waals surface area contributed by atoms with E-state index in [-0.39, 0.29) is 5.91 Å². The number of likely N-dealkylation sites (N-methyl/N-ethyl adjacent to an activating group) is 1. The third kappa shape index (κ3) is 4.72. The smallest absolute Gasteiger partial charge is 0.279 e. The van der Waals surface area contributed by atoms with Crippen LogP contribution in [-0.4, -0.2) is 19.5 Å². The summed E-state index contributed by atoms with van der Waals surface area (Å²) in [5.74, 6) is -0.00463. The fraction of sp³-hybridized carbons (Fsp3) is 0.222. The van der Waals surface area contributed by atoms with Gasteiger partial charge in [0.1, 0.15) is 6.54 Å². The average Bonchev–Trinajstić information content (AvgIpc) is 2.50. The summed E-state index contributed by atoms with van der Waals surface area (Å²) in [6, 6.07) is 17.3. The van der Waals surface area contributed by atoms with Crippen molar-refractivity contribution in [1.29, 1.82) is 5.26 Å². The van der Waals surface area contributed by atoms with Crippen LogP contribution in [0.1, 0.15) is 16.7 Å². The van der Waals surface area contributed by atoms with Crippen LogP contribution in [0.3, 0.4) is 0 Å². The van der Waals surface area contributed by atoms with E-state index in [4.69, 9.17) is 5.26 Å². The number of hydrogen-bond acceptors (Lipinski definition) is 2. The first-order chi connectivity index (χ1) is 10.6. The molecule has 0 heterocycles. The fourth-order valence-corrected chi connectivity index (χ4v) is 2.22. The minimum absolute atomic E-state index is 0.00463. The van der Waals surface area contributed by atoms with Crippen LogP contribution in [0.4, 0.5) is 5.69 Å². The number of amides is 1. The summed E-state index contributed by atoms with van der Waals surface area (Å²) in [5.41, 5.74) is 3.75. The van der Waals surface area contributed by atoms with Gasteiger partial charge in [0.25, 0.3) is 5.91 Å². The van der Waals surface area contributed by atoms with Gasteiger partial charge in [-0.05, 0) is 31.2 Å². The summed E-state index contributed by atoms with van der Waals surface area (Å²) < 4.78 is 0. The Morgan fingerprint density at radius 3 is 2.36 bits per heavy atom. The van der Waals surface area contributed by atoms with Crippen molar-refractivity contribution in [2.45, 2.75) is 13.5 Å². The first kappa shape index (κ1) is 15.7. The van der Waals surface area contributed by atoms with Gasteiger partial charge in [-0.25, -0.2) is 0 Å². The number of quaternary nitrogens is 1. The highest BCUT2D eigenvalue weighted by molar-refractivity contribution is 5.91. The fourth-order valence-electron chi connectivity index (χ4n) is 2.22. The molecule has 0 bridgehead atoms. The molecule has 0 fully saturated rings. The Kier molecular flexibility index (Phi) is 5.29. The van der Waals surface area contributed by atoms with Crippen molar-refractivity contribution >= 4 is 11.6 Å². The highest BCUT2D eigenvalue weighted by atomic mass is 16.2. The van der Waals surface area contributed by atoms with Crippen molar-refractivity contribution in [3.05, 3.63) is 65.2 Å². The number of aryl methyl sites for hydroxylation is 1. The second-order valence-corrected chi connectivity index (χ2v) is 5.53. The van der Waals surface area contributed by atoms with Crippen LogP contribution in [0.5, 0.6) is 0 Å². The molecular formula is C18H20N3O+. The van der Waals surface area contributed by atoms with Gasteiger partial charge < -0.3 is 10.2 Å². The van der Waals surface area contributed by atoms with E-state index in [2.05, 4.69) is 11.4 Å². The van der Waals surface area contributed by atoms with E-state index in [1.165, 1.54) is 5.56 Å². The largest absolute Gasteiger partial charge is 0.326 e. The SMILES string of the molecule is Cc1ccc(NC(=O)C[NH+](C)Cc2ccc(C#N)cc2)cc1. The van der Waals surface area contributed by atoms with Gasteiger partial charge in [0, 0.05) is 11.3 Å². The van der Waals surface area contributed by atoms with Crippen molar-refractivity contribution in [1.82, 2.24) is 0 Å². The maximum atomic E-state index is 12.0. The molecule has 2 aromatic carbocycles. The monoisotopic (exact) mass is 294 g/mol. The molecule has 0 radical (unpaired) electrons. The van der Waals surface area contributed by atoms with Crippen molar-refractivity contribution in [3.8, 4) is 6.07 Å². The summed E-state index contributed by atoms with van der Waals surface area (Å²) in [4.78, 5) is 13.1. The number of nitrogens with one attached hydrogen (secondary N) is 2. The Morgan fingerprint density at radius 2 is 1.77 bits per heavy atom. The molecule has 4 heteroatoms. The third-order valence-electron chi connectivity index (χ3n) is 3.39. The first-order valence-electron chi connectivity index (χ1n) is 7.23. The lowest BCUT2D eigenvalue weighted by Crippen LogP contribution is -3.08. The zero-order valence-corrected chi connectivity index (χ0v) is 12.9. The molecule has 0 aliphatic rings. The molecule has 0 saturated heterocycles. The van der Waals surface area contributed by atoms with Crippen LogP contribution in [-0.2, 0) is 11.3 Å². The number of carbonyl (C=O) groups is 1. The topological polar surface area (TPSA) is 57.3 Å². The van der Waals surface area contributed by atoms with Gasteiger partial charge >= 0.3 is 0 Å². The van der Waals surface area contributed by atoms with Crippen LogP contribution in [0.15, 0.2) is 48.5 Å². The van der Waals surface area contributed by atoms with Gasteiger partial charge in [-0.2, -0.15) is 5.26 Å². The quantitative estimate of drug-likeness (QED) is 0.878. The van der Waals surface area contributed by atoms with Gasteiger partial charge in [-0.1, -0.05) is 29.8 Å². The lowest BCUT2D eigenvalue weighted by Gasteiger charge is -2.14. The molecule has 0 spiro atoms. The molecule has 1 atom stereocenters. The van der Waals surface area contributed by atoms with Gasteiger partial charge in [-0.3, -0.25) is 4.79 Å². The van der Waals surface area contributed by atoms with E-state index >= 15 is 0 Å². The summed E-state index contributed by atoms with van der Waals surface area (Å²) in [6.45, 7) is 3.15. The van der Waals surface area contributed by atoms with E-state index in [1.54, 1.807) is 12.1 Å². The second kappa shape index (κ2) is 7.39. The first-order valence-corrected chi connectivity index (χ1v) is 7.23. The molecule has 2 rings (SSSR count). The lowest BCUT2D eigenvalue weighted by molar-refractivity contribution is -0.885. The van der Waals surface area contributed by atoms with Crippen LogP contribution < -0.4 is 10.2 Å². The highest BCUT2D eigenvalue weighted by Gasteiger charge is 2.10. The molecule has 4 nitrogen and oxygen atoms in total. The van der Waals surface area contributed by atoms with Gasteiger partial charge in [-0.15, -0.1) is 0 Å². The maximum absolute atomic E-state index is 12.0. The normalized spacial score (nSPS) is 11.5. The minimum Gasteiger partial charge on any atom is -0.326 e. The Balaban J connectivity index is 1.85. The number of anilines is 1. The zero-order valence-electron chi connectivity index (χ0n) is 12.9. The molecule has 0 aliphatic heterocycles. The predicted octanol–water partition coefficient (Wildman–Crippen LogP) is 1.52. The lowest BCUT2D eigenvalue weighted by atomic mass is 10.1. The molecule has 0 aromatic heterocycles. The van der Waals surface area contributed by atoms with E-state index in [1.807, 2.05) is 50.4 Å². The molecule has 0 saturated carbocycles. The number of rotatable bonds is 5. The summed E-state index contributed by atoms with van der Waals surface area (Å²) in [5, 5.41) is 11.7. The minimum atomic E-state index is -0.00463. The van der Waals surface area contributed by atoms with E-state index < -0.39 is 0 Å². The van der Waals surface area contributed by atoms with E-state index in [0.29, 0.717) is 12.1 Å². The highest BCUT2D eigenvalue weighted by Crippen LogP contribution is 2.07. The molecule has 2 N–H and O–H groups in total. The zero-order chi connectivity index (χ0) is 15.9. The molecule has 0 aliphatic carbocycles. The van der Waals surface area contributed by atoms with Crippen molar-refractivity contribution < 1.29 is 9.69 Å². The third-order valence-corrected chi connectivity index (χ3v) is 3.39. The number of nitriles is 1. The number of benzene rings is 2. The molecule has 1 unspecified atom stereocenters. The Morgan fingerprint density at radius 1 is 1.14 bits per heavy atom. The Labute approximate surface area is 131 Å². The molecular weight excluding hydrogens is 274 g/mol. The van der Waals surface area contributed by atoms with E-state index in [0.717, 1.165) is 22.7 Å². The predicted molar refractivity (Wildman–Crippen MR) is 86.4 cm³/mol. The van der Waals surface area contributed by atoms with Crippen molar-refractivity contribution in [2.75, 3.05) is 18.9 Å². The maximum Gasteiger partial charge on any atom is 0.279 e. The van der Waals surface area contributed by atoms with Gasteiger partial charge in [0.05, 0.1) is 18.7 Å².